The van der Waals surface area contributed by atoms with Crippen LogP contribution in [0.3, 0.4) is 0 Å². The Bertz CT molecular complexity index is 431. The molecule has 0 saturated carbocycles. The molecule has 0 aliphatic rings. The van der Waals surface area contributed by atoms with Crippen molar-refractivity contribution < 1.29 is 0 Å². The van der Waals surface area contributed by atoms with Gasteiger partial charge in [0.05, 0.1) is 34.6 Å². The highest BCUT2D eigenvalue weighted by Gasteiger charge is 1.98. The molecule has 0 aliphatic carbocycles. The zero-order valence-electron chi connectivity index (χ0n) is 6.37. The summed E-state index contributed by atoms with van der Waals surface area (Å²) in [5.74, 6) is 0. The summed E-state index contributed by atoms with van der Waals surface area (Å²) < 4.78 is 1.83. The second-order valence-corrected chi connectivity index (χ2v) is 3.44. The van der Waals surface area contributed by atoms with Crippen molar-refractivity contribution in [3.05, 3.63) is 36.5 Å². The van der Waals surface area contributed by atoms with Crippen LogP contribution in [0, 0.1) is 0 Å². The van der Waals surface area contributed by atoms with Gasteiger partial charge in [0.25, 0.3) is 0 Å². The lowest BCUT2D eigenvalue weighted by molar-refractivity contribution is 1.08. The summed E-state index contributed by atoms with van der Waals surface area (Å²) >= 11 is 2.16. The quantitative estimate of drug-likeness (QED) is 0.728. The van der Waals surface area contributed by atoms with Gasteiger partial charge in [-0.3, -0.25) is 0 Å². The Morgan fingerprint density at radius 1 is 1.50 bits per heavy atom. The van der Waals surface area contributed by atoms with Gasteiger partial charge in [0.2, 0.25) is 0 Å². The molecule has 60 valence electrons. The Hall–Kier alpha value is -0.840. The summed E-state index contributed by atoms with van der Waals surface area (Å²) in [6, 6.07) is 6.16. The second-order valence-electron chi connectivity index (χ2n) is 2.53. The molecule has 2 aromatic rings. The predicted octanol–water partition coefficient (Wildman–Crippen LogP) is 2.88. The van der Waals surface area contributed by atoms with Crippen LogP contribution in [0.25, 0.3) is 17.0 Å². The molecule has 0 amide bonds. The standard InChI is InChI=1S/C9H7IN2/c1-2-7-3-4-8-6-11-12(10)9(8)5-7/h2-6H,1H2. The van der Waals surface area contributed by atoms with Crippen molar-refractivity contribution in [1.82, 2.24) is 7.99 Å². The van der Waals surface area contributed by atoms with E-state index in [4.69, 9.17) is 0 Å². The Morgan fingerprint density at radius 3 is 3.08 bits per heavy atom. The van der Waals surface area contributed by atoms with Crippen LogP contribution in [-0.4, -0.2) is 7.99 Å². The molecule has 1 aromatic carbocycles. The highest BCUT2D eigenvalue weighted by atomic mass is 127. The zero-order valence-corrected chi connectivity index (χ0v) is 8.52. The molecule has 0 fully saturated rings. The number of halogens is 1. The first-order valence-corrected chi connectivity index (χ1v) is 4.54. The molecule has 1 heterocycles. The second kappa shape index (κ2) is 2.90. The van der Waals surface area contributed by atoms with E-state index in [-0.39, 0.29) is 0 Å². The van der Waals surface area contributed by atoms with Crippen LogP contribution in [0.4, 0.5) is 0 Å². The molecule has 0 unspecified atom stereocenters. The maximum atomic E-state index is 4.14. The highest BCUT2D eigenvalue weighted by Crippen LogP contribution is 2.17. The van der Waals surface area contributed by atoms with Gasteiger partial charge in [-0.15, -0.1) is 0 Å². The largest absolute Gasteiger partial charge is 0.204 e. The van der Waals surface area contributed by atoms with E-state index in [0.717, 1.165) is 16.5 Å². The van der Waals surface area contributed by atoms with E-state index < -0.39 is 0 Å². The van der Waals surface area contributed by atoms with Crippen LogP contribution in [0.1, 0.15) is 5.56 Å². The highest BCUT2D eigenvalue weighted by molar-refractivity contribution is 14.1. The van der Waals surface area contributed by atoms with E-state index in [2.05, 4.69) is 46.7 Å². The van der Waals surface area contributed by atoms with Crippen LogP contribution >= 0.6 is 22.9 Å². The Kier molecular flexibility index (Phi) is 1.88. The smallest absolute Gasteiger partial charge is 0.0851 e. The van der Waals surface area contributed by atoms with Crippen LogP contribution in [-0.2, 0) is 0 Å². The number of aromatic nitrogens is 2. The number of rotatable bonds is 1. The van der Waals surface area contributed by atoms with Crippen LogP contribution < -0.4 is 0 Å². The van der Waals surface area contributed by atoms with Crippen molar-refractivity contribution in [1.29, 1.82) is 0 Å². The van der Waals surface area contributed by atoms with E-state index in [9.17, 15) is 0 Å². The van der Waals surface area contributed by atoms with Crippen molar-refractivity contribution in [3.63, 3.8) is 0 Å². The molecule has 0 aliphatic heterocycles. The predicted molar refractivity (Wildman–Crippen MR) is 59.2 cm³/mol. The van der Waals surface area contributed by atoms with E-state index in [1.54, 1.807) is 0 Å². The Labute approximate surface area is 84.4 Å². The number of hydrogen-bond donors (Lipinski definition) is 0. The summed E-state index contributed by atoms with van der Waals surface area (Å²) in [6.45, 7) is 3.72. The van der Waals surface area contributed by atoms with Crippen LogP contribution in [0.15, 0.2) is 31.0 Å². The van der Waals surface area contributed by atoms with E-state index in [0.29, 0.717) is 0 Å². The Balaban J connectivity index is 2.79. The fourth-order valence-electron chi connectivity index (χ4n) is 1.13. The normalized spacial score (nSPS) is 10.4. The van der Waals surface area contributed by atoms with Crippen LogP contribution in [0.2, 0.25) is 0 Å². The van der Waals surface area contributed by atoms with Gasteiger partial charge in [-0.05, 0) is 11.6 Å². The molecular weight excluding hydrogens is 263 g/mol. The molecule has 0 spiro atoms. The average Bonchev–Trinajstić information content (AvgIpc) is 2.47. The first kappa shape index (κ1) is 7.79. The van der Waals surface area contributed by atoms with Gasteiger partial charge in [0.15, 0.2) is 0 Å². The van der Waals surface area contributed by atoms with Gasteiger partial charge in [-0.2, -0.15) is 5.10 Å². The van der Waals surface area contributed by atoms with Gasteiger partial charge in [0, 0.05) is 5.39 Å². The van der Waals surface area contributed by atoms with Gasteiger partial charge < -0.3 is 0 Å². The lowest BCUT2D eigenvalue weighted by atomic mass is 10.2. The van der Waals surface area contributed by atoms with Crippen molar-refractivity contribution in [2.75, 3.05) is 0 Å². The number of nitrogens with zero attached hydrogens (tertiary/aromatic N) is 2. The SMILES string of the molecule is C=Cc1ccc2cnn(I)c2c1. The minimum Gasteiger partial charge on any atom is -0.204 e. The van der Waals surface area contributed by atoms with Gasteiger partial charge in [0.1, 0.15) is 0 Å². The third kappa shape index (κ3) is 1.14. The van der Waals surface area contributed by atoms with Gasteiger partial charge >= 0.3 is 0 Å². The summed E-state index contributed by atoms with van der Waals surface area (Å²) in [5.41, 5.74) is 2.26. The molecule has 3 heteroatoms. The molecule has 2 nitrogen and oxygen atoms in total. The topological polar surface area (TPSA) is 17.8 Å². The number of hydrogen-bond acceptors (Lipinski definition) is 1. The number of benzene rings is 1. The number of fused-ring (bicyclic) bond motifs is 1. The fraction of sp³-hybridized carbons (Fsp3) is 0. The Morgan fingerprint density at radius 2 is 2.33 bits per heavy atom. The molecular formula is C9H7IN2. The summed E-state index contributed by atoms with van der Waals surface area (Å²) in [4.78, 5) is 0. The van der Waals surface area contributed by atoms with Crippen LogP contribution in [0.5, 0.6) is 0 Å². The summed E-state index contributed by atoms with van der Waals surface area (Å²) in [7, 11) is 0. The molecule has 0 radical (unpaired) electrons. The van der Waals surface area contributed by atoms with Crippen molar-refractivity contribution in [2.45, 2.75) is 0 Å². The third-order valence-corrected chi connectivity index (χ3v) is 2.56. The first-order valence-electron chi connectivity index (χ1n) is 3.57. The molecule has 0 bridgehead atoms. The first-order chi connectivity index (χ1) is 5.81. The fourth-order valence-corrected chi connectivity index (χ4v) is 1.67. The lowest BCUT2D eigenvalue weighted by Crippen LogP contribution is -1.79. The molecule has 2 rings (SSSR count). The van der Waals surface area contributed by atoms with Gasteiger partial charge in [-0.25, -0.2) is 2.90 Å². The van der Waals surface area contributed by atoms with E-state index >= 15 is 0 Å². The molecule has 0 atom stereocenters. The summed E-state index contributed by atoms with van der Waals surface area (Å²) in [6.07, 6.45) is 3.69. The minimum absolute atomic E-state index is 1.13. The van der Waals surface area contributed by atoms with Gasteiger partial charge in [-0.1, -0.05) is 24.8 Å². The van der Waals surface area contributed by atoms with Crippen molar-refractivity contribution in [3.8, 4) is 0 Å². The molecule has 0 N–H and O–H groups in total. The van der Waals surface area contributed by atoms with Crippen molar-refractivity contribution in [2.24, 2.45) is 0 Å². The molecule has 12 heavy (non-hydrogen) atoms. The van der Waals surface area contributed by atoms with E-state index in [1.165, 1.54) is 0 Å². The lowest BCUT2D eigenvalue weighted by Gasteiger charge is -1.94. The zero-order chi connectivity index (χ0) is 8.55. The summed E-state index contributed by atoms with van der Waals surface area (Å²) in [5, 5.41) is 5.30. The maximum Gasteiger partial charge on any atom is 0.0851 e. The molecule has 0 saturated heterocycles. The third-order valence-electron chi connectivity index (χ3n) is 1.79. The monoisotopic (exact) mass is 270 g/mol. The average molecular weight is 270 g/mol. The minimum atomic E-state index is 1.13. The maximum absolute atomic E-state index is 4.14. The van der Waals surface area contributed by atoms with E-state index in [1.807, 2.05) is 21.2 Å². The van der Waals surface area contributed by atoms with Crippen molar-refractivity contribution >= 4 is 39.8 Å². The molecule has 1 aromatic heterocycles.